The highest BCUT2D eigenvalue weighted by molar-refractivity contribution is 5.94. The summed E-state index contributed by atoms with van der Waals surface area (Å²) in [5.41, 5.74) is 1.82. The predicted octanol–water partition coefficient (Wildman–Crippen LogP) is 1.08. The molecular formula is C11H15N3O. The molecule has 15 heavy (non-hydrogen) atoms. The molecule has 0 aromatic carbocycles. The number of pyridine rings is 1. The molecule has 0 unspecified atom stereocenters. The normalized spacial score (nSPS) is 20.2. The molecular weight excluding hydrogens is 190 g/mol. The number of hydrogen-bond acceptors (Lipinski definition) is 3. The second-order valence-electron chi connectivity index (χ2n) is 3.89. The molecule has 1 aromatic rings. The van der Waals surface area contributed by atoms with E-state index >= 15 is 0 Å². The van der Waals surface area contributed by atoms with Crippen LogP contribution in [0.2, 0.25) is 0 Å². The summed E-state index contributed by atoms with van der Waals surface area (Å²) in [4.78, 5) is 15.8. The topological polar surface area (TPSA) is 54.0 Å². The van der Waals surface area contributed by atoms with Crippen molar-refractivity contribution in [2.24, 2.45) is 0 Å². The van der Waals surface area contributed by atoms with Crippen molar-refractivity contribution in [2.45, 2.75) is 25.8 Å². The van der Waals surface area contributed by atoms with E-state index in [1.54, 1.807) is 12.4 Å². The highest BCUT2D eigenvalue weighted by Crippen LogP contribution is 2.11. The molecule has 1 fully saturated rings. The van der Waals surface area contributed by atoms with Crippen molar-refractivity contribution in [1.82, 2.24) is 10.3 Å². The van der Waals surface area contributed by atoms with Crippen LogP contribution in [-0.4, -0.2) is 23.5 Å². The first kappa shape index (κ1) is 10.1. The van der Waals surface area contributed by atoms with Gasteiger partial charge < -0.3 is 10.6 Å². The average molecular weight is 205 g/mol. The third-order valence-corrected chi connectivity index (χ3v) is 2.52. The van der Waals surface area contributed by atoms with E-state index < -0.39 is 0 Å². The van der Waals surface area contributed by atoms with Crippen molar-refractivity contribution < 1.29 is 4.79 Å². The average Bonchev–Trinajstić information content (AvgIpc) is 2.70. The van der Waals surface area contributed by atoms with E-state index in [0.717, 1.165) is 30.6 Å². The SMILES string of the molecule is Cc1cncc(NC(=O)[C@H]2CCCN2)c1. The van der Waals surface area contributed by atoms with E-state index in [1.807, 2.05) is 13.0 Å². The van der Waals surface area contributed by atoms with Gasteiger partial charge in [-0.3, -0.25) is 9.78 Å². The van der Waals surface area contributed by atoms with Gasteiger partial charge >= 0.3 is 0 Å². The van der Waals surface area contributed by atoms with Crippen LogP contribution >= 0.6 is 0 Å². The lowest BCUT2D eigenvalue weighted by molar-refractivity contribution is -0.117. The molecule has 4 nitrogen and oxygen atoms in total. The largest absolute Gasteiger partial charge is 0.323 e. The maximum atomic E-state index is 11.7. The maximum absolute atomic E-state index is 11.7. The van der Waals surface area contributed by atoms with Gasteiger partial charge in [-0.1, -0.05) is 0 Å². The highest BCUT2D eigenvalue weighted by atomic mass is 16.2. The maximum Gasteiger partial charge on any atom is 0.241 e. The van der Waals surface area contributed by atoms with Gasteiger partial charge in [-0.2, -0.15) is 0 Å². The molecule has 0 saturated carbocycles. The molecule has 4 heteroatoms. The predicted molar refractivity (Wildman–Crippen MR) is 58.6 cm³/mol. The fraction of sp³-hybridized carbons (Fsp3) is 0.455. The van der Waals surface area contributed by atoms with E-state index in [9.17, 15) is 4.79 Å². The second-order valence-corrected chi connectivity index (χ2v) is 3.89. The minimum Gasteiger partial charge on any atom is -0.323 e. The summed E-state index contributed by atoms with van der Waals surface area (Å²) in [6.07, 6.45) is 5.43. The third kappa shape index (κ3) is 2.53. The van der Waals surface area contributed by atoms with Gasteiger partial charge in [-0.15, -0.1) is 0 Å². The van der Waals surface area contributed by atoms with E-state index in [-0.39, 0.29) is 11.9 Å². The number of carbonyl (C=O) groups excluding carboxylic acids is 1. The van der Waals surface area contributed by atoms with E-state index in [1.165, 1.54) is 0 Å². The van der Waals surface area contributed by atoms with Gasteiger partial charge in [0.1, 0.15) is 0 Å². The molecule has 1 saturated heterocycles. The van der Waals surface area contributed by atoms with Crippen LogP contribution < -0.4 is 10.6 Å². The van der Waals surface area contributed by atoms with Gasteiger partial charge in [0.25, 0.3) is 0 Å². The highest BCUT2D eigenvalue weighted by Gasteiger charge is 2.21. The number of amides is 1. The van der Waals surface area contributed by atoms with Crippen LogP contribution in [-0.2, 0) is 4.79 Å². The van der Waals surface area contributed by atoms with Crippen LogP contribution in [0.1, 0.15) is 18.4 Å². The zero-order chi connectivity index (χ0) is 10.7. The van der Waals surface area contributed by atoms with Gasteiger partial charge in [-0.25, -0.2) is 0 Å². The number of carbonyl (C=O) groups is 1. The van der Waals surface area contributed by atoms with Crippen LogP contribution in [0, 0.1) is 6.92 Å². The quantitative estimate of drug-likeness (QED) is 0.759. The van der Waals surface area contributed by atoms with Crippen LogP contribution in [0.15, 0.2) is 18.5 Å². The number of anilines is 1. The number of aromatic nitrogens is 1. The minimum atomic E-state index is -0.0366. The molecule has 0 spiro atoms. The molecule has 2 rings (SSSR count). The van der Waals surface area contributed by atoms with Crippen LogP contribution in [0.5, 0.6) is 0 Å². The third-order valence-electron chi connectivity index (χ3n) is 2.52. The summed E-state index contributed by atoms with van der Waals surface area (Å²) in [6, 6.07) is 1.88. The summed E-state index contributed by atoms with van der Waals surface area (Å²) in [5.74, 6) is 0.0416. The lowest BCUT2D eigenvalue weighted by atomic mass is 10.2. The molecule has 2 heterocycles. The fourth-order valence-electron chi connectivity index (χ4n) is 1.76. The number of nitrogens with zero attached hydrogens (tertiary/aromatic N) is 1. The Hall–Kier alpha value is -1.42. The van der Waals surface area contributed by atoms with Gasteiger partial charge in [0.05, 0.1) is 17.9 Å². The zero-order valence-electron chi connectivity index (χ0n) is 8.79. The molecule has 1 aliphatic heterocycles. The van der Waals surface area contributed by atoms with Crippen molar-refractivity contribution >= 4 is 11.6 Å². The molecule has 1 aromatic heterocycles. The Bertz CT molecular complexity index is 359. The number of hydrogen-bond donors (Lipinski definition) is 2. The first-order valence-corrected chi connectivity index (χ1v) is 5.21. The fourth-order valence-corrected chi connectivity index (χ4v) is 1.76. The monoisotopic (exact) mass is 205 g/mol. The Labute approximate surface area is 89.1 Å². The number of rotatable bonds is 2. The van der Waals surface area contributed by atoms with Gasteiger partial charge in [0, 0.05) is 6.20 Å². The first-order chi connectivity index (χ1) is 7.25. The van der Waals surface area contributed by atoms with Crippen LogP contribution in [0.25, 0.3) is 0 Å². The van der Waals surface area contributed by atoms with Crippen molar-refractivity contribution in [1.29, 1.82) is 0 Å². The Morgan fingerprint density at radius 2 is 2.47 bits per heavy atom. The van der Waals surface area contributed by atoms with Crippen molar-refractivity contribution in [3.8, 4) is 0 Å². The lowest BCUT2D eigenvalue weighted by Gasteiger charge is -2.10. The molecule has 0 bridgehead atoms. The Morgan fingerprint density at radius 3 is 3.13 bits per heavy atom. The van der Waals surface area contributed by atoms with E-state index in [0.29, 0.717) is 0 Å². The minimum absolute atomic E-state index is 0.0366. The molecule has 2 N–H and O–H groups in total. The summed E-state index contributed by atoms with van der Waals surface area (Å²) in [7, 11) is 0. The molecule has 1 atom stereocenters. The summed E-state index contributed by atoms with van der Waals surface area (Å²) in [5, 5.41) is 6.02. The second kappa shape index (κ2) is 4.40. The Kier molecular flexibility index (Phi) is 2.97. The first-order valence-electron chi connectivity index (χ1n) is 5.21. The number of aryl methyl sites for hydroxylation is 1. The zero-order valence-corrected chi connectivity index (χ0v) is 8.79. The lowest BCUT2D eigenvalue weighted by Crippen LogP contribution is -2.35. The van der Waals surface area contributed by atoms with Crippen molar-refractivity contribution in [2.75, 3.05) is 11.9 Å². The summed E-state index contributed by atoms with van der Waals surface area (Å²) < 4.78 is 0. The van der Waals surface area contributed by atoms with Crippen LogP contribution in [0.3, 0.4) is 0 Å². The molecule has 1 aliphatic rings. The van der Waals surface area contributed by atoms with Gasteiger partial charge in [-0.05, 0) is 37.9 Å². The van der Waals surface area contributed by atoms with Crippen molar-refractivity contribution in [3.05, 3.63) is 24.0 Å². The van der Waals surface area contributed by atoms with Crippen LogP contribution in [0.4, 0.5) is 5.69 Å². The Morgan fingerprint density at radius 1 is 1.60 bits per heavy atom. The van der Waals surface area contributed by atoms with E-state index in [4.69, 9.17) is 0 Å². The molecule has 80 valence electrons. The van der Waals surface area contributed by atoms with Gasteiger partial charge in [0.2, 0.25) is 5.91 Å². The standard InChI is InChI=1S/C11H15N3O/c1-8-5-9(7-12-6-8)14-11(15)10-3-2-4-13-10/h5-7,10,13H,2-4H2,1H3,(H,14,15)/t10-/m1/s1. The smallest absolute Gasteiger partial charge is 0.241 e. The Balaban J connectivity index is 1.99. The summed E-state index contributed by atoms with van der Waals surface area (Å²) >= 11 is 0. The van der Waals surface area contributed by atoms with Gasteiger partial charge in [0.15, 0.2) is 0 Å². The summed E-state index contributed by atoms with van der Waals surface area (Å²) in [6.45, 7) is 2.89. The van der Waals surface area contributed by atoms with E-state index in [2.05, 4.69) is 15.6 Å². The number of nitrogens with one attached hydrogen (secondary N) is 2. The molecule has 1 amide bonds. The molecule has 0 radical (unpaired) electrons. The van der Waals surface area contributed by atoms with Crippen molar-refractivity contribution in [3.63, 3.8) is 0 Å². The molecule has 0 aliphatic carbocycles.